The zero-order valence-electron chi connectivity index (χ0n) is 33.6. The summed E-state index contributed by atoms with van der Waals surface area (Å²) in [7, 11) is 0. The number of thiophene rings is 1. The van der Waals surface area contributed by atoms with Gasteiger partial charge >= 0.3 is 0 Å². The molecule has 2 aromatic heterocycles. The minimum Gasteiger partial charge on any atom is -0.453 e. The van der Waals surface area contributed by atoms with Crippen molar-refractivity contribution in [1.82, 2.24) is 0 Å². The third-order valence-electron chi connectivity index (χ3n) is 13.1. The molecular weight excluding hydrogens is 771 g/mol. The summed E-state index contributed by atoms with van der Waals surface area (Å²) < 4.78 is 9.56. The highest BCUT2D eigenvalue weighted by Crippen LogP contribution is 2.58. The van der Waals surface area contributed by atoms with Crippen LogP contribution in [0.15, 0.2) is 229 Å². The van der Waals surface area contributed by atoms with Crippen LogP contribution in [0.3, 0.4) is 0 Å². The Labute approximate surface area is 363 Å². The van der Waals surface area contributed by atoms with E-state index >= 15 is 0 Å². The first-order chi connectivity index (χ1) is 30.8. The van der Waals surface area contributed by atoms with E-state index in [9.17, 15) is 0 Å². The van der Waals surface area contributed by atoms with E-state index in [1.807, 2.05) is 11.3 Å². The van der Waals surface area contributed by atoms with Gasteiger partial charge in [0.1, 0.15) is 5.58 Å². The smallest absolute Gasteiger partial charge is 0.159 e. The Bertz CT molecular complexity index is 3650. The Hall–Kier alpha value is -7.72. The number of hydrogen-bond acceptors (Lipinski definition) is 3. The molecule has 62 heavy (non-hydrogen) atoms. The van der Waals surface area contributed by atoms with Crippen LogP contribution in [0, 0.1) is 0 Å². The van der Waals surface area contributed by atoms with Crippen molar-refractivity contribution in [2.24, 2.45) is 0 Å². The predicted molar refractivity (Wildman–Crippen MR) is 262 cm³/mol. The third kappa shape index (κ3) is 5.03. The third-order valence-corrected chi connectivity index (χ3v) is 14.3. The topological polar surface area (TPSA) is 16.4 Å². The highest BCUT2D eigenvalue weighted by atomic mass is 32.1. The average Bonchev–Trinajstić information content (AvgIpc) is 4.01. The fourth-order valence-corrected chi connectivity index (χ4v) is 11.6. The first-order valence-corrected chi connectivity index (χ1v) is 22.1. The van der Waals surface area contributed by atoms with E-state index in [0.29, 0.717) is 0 Å². The molecule has 0 atom stereocenters. The molecule has 0 amide bonds. The van der Waals surface area contributed by atoms with Crippen molar-refractivity contribution >= 4 is 81.3 Å². The standard InChI is InChI=1S/C59H37NOS/c1-3-16-40(17-4-1)59(41-18-5-2-6-19-41)51-25-11-9-22-49(51)56-44(23-13-26-52(56)59)39-29-32-42(33-30-39)60(43-34-36-55-50(37-43)46-21-10-12-28-54(46)62-55)53-27-14-24-47-48-35-31-38-15-7-8-20-45(38)57(48)61-58(47)53/h1-37H. The molecule has 0 aliphatic heterocycles. The molecule has 10 aromatic carbocycles. The molecule has 290 valence electrons. The van der Waals surface area contributed by atoms with Crippen LogP contribution in [0.4, 0.5) is 17.1 Å². The van der Waals surface area contributed by atoms with Gasteiger partial charge < -0.3 is 9.32 Å². The Kier molecular flexibility index (Phi) is 7.72. The van der Waals surface area contributed by atoms with Gasteiger partial charge in [-0.25, -0.2) is 0 Å². The SMILES string of the molecule is c1ccc(C2(c3ccccc3)c3ccccc3-c3c(-c4ccc(N(c5ccc6sc7ccccc7c6c5)c5cccc6c5oc5c7ccccc7ccc65)cc4)cccc32)cc1. The van der Waals surface area contributed by atoms with E-state index < -0.39 is 5.41 Å². The second kappa shape index (κ2) is 13.7. The number of benzene rings is 10. The van der Waals surface area contributed by atoms with Crippen molar-refractivity contribution in [1.29, 1.82) is 0 Å². The molecular formula is C59H37NOS. The number of anilines is 3. The van der Waals surface area contributed by atoms with Gasteiger partial charge in [-0.3, -0.25) is 0 Å². The van der Waals surface area contributed by atoms with Crippen molar-refractivity contribution in [3.63, 3.8) is 0 Å². The molecule has 3 heteroatoms. The van der Waals surface area contributed by atoms with Crippen LogP contribution >= 0.6 is 11.3 Å². The number of furan rings is 1. The summed E-state index contributed by atoms with van der Waals surface area (Å²) in [4.78, 5) is 2.38. The van der Waals surface area contributed by atoms with Gasteiger partial charge in [0.05, 0.1) is 11.1 Å². The van der Waals surface area contributed by atoms with Crippen LogP contribution < -0.4 is 4.90 Å². The van der Waals surface area contributed by atoms with Crippen LogP contribution in [0.1, 0.15) is 22.3 Å². The van der Waals surface area contributed by atoms with Gasteiger partial charge in [0.25, 0.3) is 0 Å². The Morgan fingerprint density at radius 1 is 0.387 bits per heavy atom. The van der Waals surface area contributed by atoms with Gasteiger partial charge in [0.15, 0.2) is 5.58 Å². The molecule has 0 unspecified atom stereocenters. The normalized spacial score (nSPS) is 13.0. The van der Waals surface area contributed by atoms with E-state index in [4.69, 9.17) is 4.42 Å². The number of hydrogen-bond donors (Lipinski definition) is 0. The minimum atomic E-state index is -0.456. The van der Waals surface area contributed by atoms with Crippen molar-refractivity contribution in [3.8, 4) is 22.3 Å². The maximum atomic E-state index is 6.99. The Morgan fingerprint density at radius 3 is 1.82 bits per heavy atom. The molecule has 1 aliphatic carbocycles. The van der Waals surface area contributed by atoms with Gasteiger partial charge in [0.2, 0.25) is 0 Å². The van der Waals surface area contributed by atoms with Crippen LogP contribution in [-0.2, 0) is 5.41 Å². The van der Waals surface area contributed by atoms with E-state index in [1.54, 1.807) is 0 Å². The number of fused-ring (bicyclic) bond motifs is 11. The second-order valence-electron chi connectivity index (χ2n) is 16.3. The largest absolute Gasteiger partial charge is 0.453 e. The van der Waals surface area contributed by atoms with Gasteiger partial charge in [0, 0.05) is 47.7 Å². The summed E-state index contributed by atoms with van der Waals surface area (Å²) in [5.41, 5.74) is 14.6. The molecule has 0 bridgehead atoms. The highest BCUT2D eigenvalue weighted by Gasteiger charge is 2.46. The zero-order valence-corrected chi connectivity index (χ0v) is 34.4. The summed E-state index contributed by atoms with van der Waals surface area (Å²) in [6.45, 7) is 0. The monoisotopic (exact) mass is 807 g/mol. The van der Waals surface area contributed by atoms with Crippen LogP contribution in [0.2, 0.25) is 0 Å². The fraction of sp³-hybridized carbons (Fsp3) is 0.0169. The number of para-hydroxylation sites is 1. The summed E-state index contributed by atoms with van der Waals surface area (Å²) in [6, 6.07) is 82.2. The summed E-state index contributed by atoms with van der Waals surface area (Å²) in [5, 5.41) is 7.04. The Balaban J connectivity index is 1.02. The molecule has 1 aliphatic rings. The van der Waals surface area contributed by atoms with Crippen LogP contribution in [0.25, 0.3) is 75.1 Å². The van der Waals surface area contributed by atoms with Crippen LogP contribution in [0.5, 0.6) is 0 Å². The zero-order chi connectivity index (χ0) is 40.8. The van der Waals surface area contributed by atoms with Crippen molar-refractivity contribution in [2.45, 2.75) is 5.41 Å². The highest BCUT2D eigenvalue weighted by molar-refractivity contribution is 7.25. The average molecular weight is 808 g/mol. The first kappa shape index (κ1) is 35.1. The van der Waals surface area contributed by atoms with Gasteiger partial charge in [-0.15, -0.1) is 11.3 Å². The van der Waals surface area contributed by atoms with E-state index in [-0.39, 0.29) is 0 Å². The maximum Gasteiger partial charge on any atom is 0.159 e. The molecule has 0 spiro atoms. The lowest BCUT2D eigenvalue weighted by atomic mass is 9.67. The molecule has 12 aromatic rings. The van der Waals surface area contributed by atoms with Gasteiger partial charge in [-0.05, 0) is 98.4 Å². The Morgan fingerprint density at radius 2 is 1.00 bits per heavy atom. The van der Waals surface area contributed by atoms with Crippen molar-refractivity contribution in [2.75, 3.05) is 4.90 Å². The molecule has 0 radical (unpaired) electrons. The molecule has 0 N–H and O–H groups in total. The molecule has 2 heterocycles. The predicted octanol–water partition coefficient (Wildman–Crippen LogP) is 16.6. The lowest BCUT2D eigenvalue weighted by Crippen LogP contribution is -2.28. The molecule has 0 fully saturated rings. The summed E-state index contributed by atoms with van der Waals surface area (Å²) >= 11 is 1.84. The lowest BCUT2D eigenvalue weighted by Gasteiger charge is -2.34. The van der Waals surface area contributed by atoms with E-state index in [1.165, 1.54) is 70.1 Å². The maximum absolute atomic E-state index is 6.99. The van der Waals surface area contributed by atoms with Crippen LogP contribution in [-0.4, -0.2) is 0 Å². The lowest BCUT2D eigenvalue weighted by molar-refractivity contribution is 0.673. The molecule has 2 nitrogen and oxygen atoms in total. The van der Waals surface area contributed by atoms with Crippen molar-refractivity contribution < 1.29 is 4.42 Å². The second-order valence-corrected chi connectivity index (χ2v) is 17.4. The summed E-state index contributed by atoms with van der Waals surface area (Å²) in [6.07, 6.45) is 0. The number of nitrogens with zero attached hydrogens (tertiary/aromatic N) is 1. The molecule has 0 saturated carbocycles. The minimum absolute atomic E-state index is 0.456. The first-order valence-electron chi connectivity index (χ1n) is 21.2. The fourth-order valence-electron chi connectivity index (χ4n) is 10.5. The quantitative estimate of drug-likeness (QED) is 0.166. The van der Waals surface area contributed by atoms with E-state index in [0.717, 1.165) is 44.4 Å². The van der Waals surface area contributed by atoms with Crippen molar-refractivity contribution in [3.05, 3.63) is 247 Å². The number of rotatable bonds is 6. The molecule has 13 rings (SSSR count). The van der Waals surface area contributed by atoms with E-state index in [2.05, 4.69) is 229 Å². The van der Waals surface area contributed by atoms with Gasteiger partial charge in [-0.1, -0.05) is 176 Å². The van der Waals surface area contributed by atoms with Gasteiger partial charge in [-0.2, -0.15) is 0 Å². The molecule has 0 saturated heterocycles. The summed E-state index contributed by atoms with van der Waals surface area (Å²) in [5.74, 6) is 0.